The summed E-state index contributed by atoms with van der Waals surface area (Å²) in [7, 11) is -1.52. The van der Waals surface area contributed by atoms with Gasteiger partial charge < -0.3 is 30.2 Å². The first-order chi connectivity index (χ1) is 15.9. The summed E-state index contributed by atoms with van der Waals surface area (Å²) in [5, 5.41) is 22.2. The molecule has 1 aromatic carbocycles. The molecule has 0 radical (unpaired) electrons. The van der Waals surface area contributed by atoms with Crippen LogP contribution in [0.1, 0.15) is 32.7 Å². The van der Waals surface area contributed by atoms with Gasteiger partial charge in [-0.25, -0.2) is 9.97 Å². The van der Waals surface area contributed by atoms with Crippen molar-refractivity contribution in [3.8, 4) is 11.5 Å². The molecule has 0 spiro atoms. The second-order valence-corrected chi connectivity index (χ2v) is 8.00. The minimum absolute atomic E-state index is 0.389. The van der Waals surface area contributed by atoms with Gasteiger partial charge in [0.05, 0.1) is 35.7 Å². The predicted molar refractivity (Wildman–Crippen MR) is 124 cm³/mol. The number of aromatic nitrogens is 3. The van der Waals surface area contributed by atoms with Crippen LogP contribution in [-0.2, 0) is 24.5 Å². The van der Waals surface area contributed by atoms with Crippen LogP contribution in [0, 0.1) is 6.92 Å². The van der Waals surface area contributed by atoms with Gasteiger partial charge in [-0.1, -0.05) is 24.3 Å². The molecule has 4 heterocycles. The predicted octanol–water partition coefficient (Wildman–Crippen LogP) is 1.13. The number of carbonyl (C=O) groups is 1. The Morgan fingerprint density at radius 2 is 2.06 bits per heavy atom. The molecule has 5 rings (SSSR count). The summed E-state index contributed by atoms with van der Waals surface area (Å²) in [5.41, 5.74) is 11.4. The van der Waals surface area contributed by atoms with Crippen molar-refractivity contribution in [1.82, 2.24) is 14.4 Å². The Hall–Kier alpha value is -3.73. The van der Waals surface area contributed by atoms with Gasteiger partial charge in [-0.3, -0.25) is 4.79 Å². The Labute approximate surface area is 190 Å². The molecule has 33 heavy (non-hydrogen) atoms. The number of carbonyl (C=O) groups excluding carboxylic acids is 1. The van der Waals surface area contributed by atoms with E-state index in [4.69, 9.17) is 20.4 Å². The summed E-state index contributed by atoms with van der Waals surface area (Å²) in [5.74, 6) is 0.675. The van der Waals surface area contributed by atoms with E-state index < -0.39 is 13.0 Å². The number of anilines is 1. The second-order valence-electron chi connectivity index (χ2n) is 8.00. The maximum absolute atomic E-state index is 11.9. The van der Waals surface area contributed by atoms with Gasteiger partial charge in [-0.2, -0.15) is 0 Å². The first kappa shape index (κ1) is 21.1. The van der Waals surface area contributed by atoms with Crippen LogP contribution in [0.2, 0.25) is 0 Å². The van der Waals surface area contributed by atoms with Crippen molar-refractivity contribution < 1.29 is 19.6 Å². The SMILES string of the molecule is Cc1cc2c(C(N)=O)cccn2c1-c1nc2c(c(NCc3cccc(B(O)O)c3)n1)COC2. The number of aryl methyl sites for hydroxylation is 1. The van der Waals surface area contributed by atoms with Crippen molar-refractivity contribution >= 4 is 29.8 Å². The van der Waals surface area contributed by atoms with Gasteiger partial charge in [0.1, 0.15) is 5.82 Å². The van der Waals surface area contributed by atoms with E-state index >= 15 is 0 Å². The fourth-order valence-electron chi connectivity index (χ4n) is 4.17. The van der Waals surface area contributed by atoms with Gasteiger partial charge in [0.2, 0.25) is 0 Å². The average molecular weight is 443 g/mol. The lowest BCUT2D eigenvalue weighted by Crippen LogP contribution is -2.30. The fourth-order valence-corrected chi connectivity index (χ4v) is 4.17. The third kappa shape index (κ3) is 3.84. The highest BCUT2D eigenvalue weighted by Gasteiger charge is 2.23. The van der Waals surface area contributed by atoms with Crippen molar-refractivity contribution in [3.63, 3.8) is 0 Å². The van der Waals surface area contributed by atoms with Crippen molar-refractivity contribution in [1.29, 1.82) is 0 Å². The first-order valence-corrected chi connectivity index (χ1v) is 10.5. The molecule has 0 fully saturated rings. The molecule has 10 heteroatoms. The Bertz CT molecular complexity index is 1390. The van der Waals surface area contributed by atoms with Crippen molar-refractivity contribution in [2.75, 3.05) is 5.32 Å². The van der Waals surface area contributed by atoms with E-state index in [1.54, 1.807) is 30.3 Å². The highest BCUT2D eigenvalue weighted by molar-refractivity contribution is 6.58. The summed E-state index contributed by atoms with van der Waals surface area (Å²) < 4.78 is 7.50. The van der Waals surface area contributed by atoms with Crippen LogP contribution >= 0.6 is 0 Å². The molecular weight excluding hydrogens is 421 g/mol. The molecule has 4 aromatic rings. The molecule has 1 aliphatic heterocycles. The molecule has 9 nitrogen and oxygen atoms in total. The van der Waals surface area contributed by atoms with E-state index in [-0.39, 0.29) is 0 Å². The van der Waals surface area contributed by atoms with Crippen molar-refractivity contribution in [2.45, 2.75) is 26.7 Å². The average Bonchev–Trinajstić information content (AvgIpc) is 3.40. The zero-order valence-electron chi connectivity index (χ0n) is 17.9. The number of rotatable bonds is 6. The molecule has 166 valence electrons. The van der Waals surface area contributed by atoms with Crippen LogP contribution in [0.3, 0.4) is 0 Å². The second kappa shape index (κ2) is 8.32. The molecule has 5 N–H and O–H groups in total. The maximum Gasteiger partial charge on any atom is 0.488 e. The monoisotopic (exact) mass is 443 g/mol. The number of benzene rings is 1. The van der Waals surface area contributed by atoms with E-state index in [2.05, 4.69) is 5.32 Å². The van der Waals surface area contributed by atoms with Crippen molar-refractivity contribution in [2.24, 2.45) is 5.73 Å². The standard InChI is InChI=1S/C23H22BN5O4/c1-13-8-19-16(21(25)30)6-3-7-29(19)20(13)23-27-18-12-33-11-17(18)22(28-23)26-10-14-4-2-5-15(9-14)24(31)32/h2-9,31-32H,10-12H2,1H3,(H2,25,30)(H,26,27,28). The van der Waals surface area contributed by atoms with E-state index in [0.717, 1.165) is 28.1 Å². The molecule has 0 saturated carbocycles. The van der Waals surface area contributed by atoms with E-state index in [1.807, 2.05) is 29.7 Å². The first-order valence-electron chi connectivity index (χ1n) is 10.5. The molecule has 0 saturated heterocycles. The minimum Gasteiger partial charge on any atom is -0.423 e. The number of nitrogens with one attached hydrogen (secondary N) is 1. The number of primary amides is 1. The molecular formula is C23H22BN5O4. The zero-order valence-corrected chi connectivity index (χ0v) is 17.9. The zero-order chi connectivity index (χ0) is 23.1. The van der Waals surface area contributed by atoms with Gasteiger partial charge >= 0.3 is 7.12 Å². The van der Waals surface area contributed by atoms with Crippen molar-refractivity contribution in [3.05, 3.63) is 76.6 Å². The van der Waals surface area contributed by atoms with Crippen LogP contribution in [-0.4, -0.2) is 37.4 Å². The van der Waals surface area contributed by atoms with E-state index in [0.29, 0.717) is 47.9 Å². The third-order valence-electron chi connectivity index (χ3n) is 5.77. The normalized spacial score (nSPS) is 12.7. The highest BCUT2D eigenvalue weighted by atomic mass is 16.5. The molecule has 1 aliphatic rings. The summed E-state index contributed by atoms with van der Waals surface area (Å²) in [6.07, 6.45) is 1.86. The molecule has 3 aromatic heterocycles. The summed E-state index contributed by atoms with van der Waals surface area (Å²) in [6, 6.07) is 12.4. The number of nitrogens with zero attached hydrogens (tertiary/aromatic N) is 3. The Kier molecular flexibility index (Phi) is 5.33. The Balaban J connectivity index is 1.56. The number of hydrogen-bond donors (Lipinski definition) is 4. The van der Waals surface area contributed by atoms with E-state index in [1.165, 1.54) is 0 Å². The number of fused-ring (bicyclic) bond motifs is 2. The number of ether oxygens (including phenoxy) is 1. The maximum atomic E-state index is 11.9. The van der Waals surface area contributed by atoms with Gasteiger partial charge in [-0.15, -0.1) is 0 Å². The topological polar surface area (TPSA) is 135 Å². The number of amides is 1. The van der Waals surface area contributed by atoms with Gasteiger partial charge in [0.25, 0.3) is 5.91 Å². The van der Waals surface area contributed by atoms with Gasteiger partial charge in [-0.05, 0) is 41.7 Å². The lowest BCUT2D eigenvalue weighted by atomic mass is 9.79. The highest BCUT2D eigenvalue weighted by Crippen LogP contribution is 2.31. The Morgan fingerprint density at radius 3 is 2.85 bits per heavy atom. The Morgan fingerprint density at radius 1 is 1.21 bits per heavy atom. The molecule has 0 bridgehead atoms. The summed E-state index contributed by atoms with van der Waals surface area (Å²) >= 11 is 0. The quantitative estimate of drug-likeness (QED) is 0.328. The smallest absolute Gasteiger partial charge is 0.423 e. The summed E-state index contributed by atoms with van der Waals surface area (Å²) in [6.45, 7) is 3.18. The summed E-state index contributed by atoms with van der Waals surface area (Å²) in [4.78, 5) is 21.4. The number of hydrogen-bond acceptors (Lipinski definition) is 7. The van der Waals surface area contributed by atoms with Gasteiger partial charge in [0.15, 0.2) is 5.82 Å². The number of pyridine rings is 1. The van der Waals surface area contributed by atoms with Gasteiger partial charge in [0, 0.05) is 18.3 Å². The molecule has 0 atom stereocenters. The number of nitrogens with two attached hydrogens (primary N) is 1. The van der Waals surface area contributed by atoms with Crippen LogP contribution < -0.4 is 16.5 Å². The fraction of sp³-hybridized carbons (Fsp3) is 0.174. The van der Waals surface area contributed by atoms with Crippen LogP contribution in [0.15, 0.2) is 48.7 Å². The van der Waals surface area contributed by atoms with Crippen LogP contribution in [0.5, 0.6) is 0 Å². The van der Waals surface area contributed by atoms with Crippen LogP contribution in [0.25, 0.3) is 17.0 Å². The molecule has 0 unspecified atom stereocenters. The third-order valence-corrected chi connectivity index (χ3v) is 5.77. The lowest BCUT2D eigenvalue weighted by molar-refractivity contribution is 0.100. The molecule has 1 amide bonds. The van der Waals surface area contributed by atoms with Crippen LogP contribution in [0.4, 0.5) is 5.82 Å². The minimum atomic E-state index is -1.52. The van der Waals surface area contributed by atoms with E-state index in [9.17, 15) is 14.8 Å². The molecule has 0 aliphatic carbocycles. The lowest BCUT2D eigenvalue weighted by Gasteiger charge is -2.13. The largest absolute Gasteiger partial charge is 0.488 e.